The van der Waals surface area contributed by atoms with Gasteiger partial charge in [-0.2, -0.15) is 0 Å². The monoisotopic (exact) mass is 381 g/mol. The third-order valence-corrected chi connectivity index (χ3v) is 4.11. The minimum atomic E-state index is -0.457. The number of ether oxygens (including phenoxy) is 2. The van der Waals surface area contributed by atoms with Gasteiger partial charge in [0.15, 0.2) is 17.1 Å². The van der Waals surface area contributed by atoms with Gasteiger partial charge in [0, 0.05) is 12.6 Å². The zero-order chi connectivity index (χ0) is 20.3. The van der Waals surface area contributed by atoms with Gasteiger partial charge in [-0.3, -0.25) is 9.59 Å². The highest BCUT2D eigenvalue weighted by Gasteiger charge is 2.26. The van der Waals surface area contributed by atoms with Crippen LogP contribution in [0, 0.1) is 0 Å². The summed E-state index contributed by atoms with van der Waals surface area (Å²) in [5, 5.41) is 13.7. The lowest BCUT2D eigenvalue weighted by Gasteiger charge is -2.13. The lowest BCUT2D eigenvalue weighted by atomic mass is 10.0. The Kier molecular flexibility index (Phi) is 5.35. The van der Waals surface area contributed by atoms with Crippen LogP contribution in [0.15, 0.2) is 47.1 Å². The molecule has 0 aliphatic carbocycles. The highest BCUT2D eigenvalue weighted by atomic mass is 16.5. The number of hydrogen-bond acceptors (Lipinski definition) is 6. The van der Waals surface area contributed by atoms with Crippen molar-refractivity contribution in [2.45, 2.75) is 6.92 Å². The molecule has 28 heavy (non-hydrogen) atoms. The first kappa shape index (κ1) is 19.0. The number of phenols is 1. The number of hydrogen-bond donors (Lipinski definition) is 2. The molecular formula is C21H19NO6. The van der Waals surface area contributed by atoms with Crippen molar-refractivity contribution in [1.82, 2.24) is 0 Å². The van der Waals surface area contributed by atoms with Gasteiger partial charge in [0.25, 0.3) is 0 Å². The SMILES string of the molecule is COc1c(C(=O)/C=C/c2ccc(NC(C)=O)cc2)c(O)c(OC)c2occc12. The van der Waals surface area contributed by atoms with Crippen molar-refractivity contribution < 1.29 is 28.6 Å². The number of furan rings is 1. The zero-order valence-electron chi connectivity index (χ0n) is 15.6. The number of fused-ring (bicyclic) bond motifs is 1. The van der Waals surface area contributed by atoms with Crippen molar-refractivity contribution in [3.63, 3.8) is 0 Å². The number of amides is 1. The quantitative estimate of drug-likeness (QED) is 0.495. The molecule has 0 spiro atoms. The summed E-state index contributed by atoms with van der Waals surface area (Å²) in [5.74, 6) is -0.696. The standard InChI is InChI=1S/C21H19NO6/c1-12(23)22-14-7-4-13(5-8-14)6-9-16(24)17-18(25)21(27-3)20-15(10-11-28-20)19(17)26-2/h4-11,25H,1-3H3,(H,22,23)/b9-6+. The van der Waals surface area contributed by atoms with Crippen LogP contribution in [0.1, 0.15) is 22.8 Å². The predicted octanol–water partition coefficient (Wildman–Crippen LogP) is 4.01. The van der Waals surface area contributed by atoms with Crippen molar-refractivity contribution in [3.8, 4) is 17.2 Å². The minimum absolute atomic E-state index is 0.0145. The number of methoxy groups -OCH3 is 2. The second-order valence-corrected chi connectivity index (χ2v) is 5.95. The summed E-state index contributed by atoms with van der Waals surface area (Å²) in [6.45, 7) is 1.43. The Labute approximate surface area is 161 Å². The molecule has 0 fully saturated rings. The van der Waals surface area contributed by atoms with Crippen LogP contribution < -0.4 is 14.8 Å². The molecule has 0 saturated heterocycles. The fraction of sp³-hybridized carbons (Fsp3) is 0.143. The summed E-state index contributed by atoms with van der Waals surface area (Å²) < 4.78 is 15.9. The summed E-state index contributed by atoms with van der Waals surface area (Å²) in [5.41, 5.74) is 1.69. The second-order valence-electron chi connectivity index (χ2n) is 5.95. The summed E-state index contributed by atoms with van der Waals surface area (Å²) in [6.07, 6.45) is 4.36. The normalized spacial score (nSPS) is 11.0. The topological polar surface area (TPSA) is 98.0 Å². The van der Waals surface area contributed by atoms with Crippen molar-refractivity contribution in [2.24, 2.45) is 0 Å². The number of aromatic hydroxyl groups is 1. The van der Waals surface area contributed by atoms with Gasteiger partial charge in [-0.25, -0.2) is 0 Å². The number of rotatable bonds is 6. The van der Waals surface area contributed by atoms with E-state index in [0.717, 1.165) is 5.56 Å². The van der Waals surface area contributed by atoms with Gasteiger partial charge in [0.05, 0.1) is 25.9 Å². The van der Waals surface area contributed by atoms with E-state index < -0.39 is 5.78 Å². The number of anilines is 1. The van der Waals surface area contributed by atoms with Crippen molar-refractivity contribution in [2.75, 3.05) is 19.5 Å². The minimum Gasteiger partial charge on any atom is -0.504 e. The number of benzene rings is 2. The van der Waals surface area contributed by atoms with Gasteiger partial charge in [0.1, 0.15) is 11.3 Å². The van der Waals surface area contributed by atoms with E-state index in [0.29, 0.717) is 16.7 Å². The Morgan fingerprint density at radius 3 is 2.36 bits per heavy atom. The lowest BCUT2D eigenvalue weighted by Crippen LogP contribution is -2.05. The molecule has 0 radical (unpaired) electrons. The Hall–Kier alpha value is -3.74. The zero-order valence-corrected chi connectivity index (χ0v) is 15.6. The van der Waals surface area contributed by atoms with Gasteiger partial charge >= 0.3 is 0 Å². The molecule has 1 aromatic heterocycles. The molecule has 0 saturated carbocycles. The molecule has 2 aromatic carbocycles. The Morgan fingerprint density at radius 2 is 1.75 bits per heavy atom. The predicted molar refractivity (Wildman–Crippen MR) is 105 cm³/mol. The van der Waals surface area contributed by atoms with Gasteiger partial charge < -0.3 is 24.3 Å². The second kappa shape index (κ2) is 7.87. The third-order valence-electron chi connectivity index (χ3n) is 4.11. The van der Waals surface area contributed by atoms with Crippen molar-refractivity contribution in [1.29, 1.82) is 0 Å². The molecule has 7 nitrogen and oxygen atoms in total. The van der Waals surface area contributed by atoms with Crippen LogP contribution in [0.3, 0.4) is 0 Å². The first-order chi connectivity index (χ1) is 13.5. The first-order valence-electron chi connectivity index (χ1n) is 8.40. The third kappa shape index (κ3) is 3.55. The molecule has 0 bridgehead atoms. The van der Waals surface area contributed by atoms with Crippen molar-refractivity contribution >= 4 is 34.4 Å². The molecule has 144 valence electrons. The van der Waals surface area contributed by atoms with Gasteiger partial charge in [-0.05, 0) is 29.8 Å². The number of carbonyl (C=O) groups is 2. The smallest absolute Gasteiger partial charge is 0.221 e. The maximum Gasteiger partial charge on any atom is 0.221 e. The number of phenolic OH excluding ortho intramolecular Hbond substituents is 1. The van der Waals surface area contributed by atoms with E-state index in [2.05, 4.69) is 5.32 Å². The van der Waals surface area contributed by atoms with Gasteiger partial charge in [-0.15, -0.1) is 0 Å². The van der Waals surface area contributed by atoms with E-state index in [-0.39, 0.29) is 28.7 Å². The van der Waals surface area contributed by atoms with E-state index in [1.165, 1.54) is 33.5 Å². The summed E-state index contributed by atoms with van der Waals surface area (Å²) in [6, 6.07) is 8.60. The molecule has 1 amide bonds. The fourth-order valence-electron chi connectivity index (χ4n) is 2.89. The van der Waals surface area contributed by atoms with Crippen LogP contribution in [0.4, 0.5) is 5.69 Å². The maximum atomic E-state index is 12.8. The van der Waals surface area contributed by atoms with Crippen LogP contribution >= 0.6 is 0 Å². The summed E-state index contributed by atoms with van der Waals surface area (Å²) in [7, 11) is 2.79. The molecule has 3 aromatic rings. The Morgan fingerprint density at radius 1 is 1.07 bits per heavy atom. The van der Waals surface area contributed by atoms with E-state index >= 15 is 0 Å². The molecule has 3 rings (SSSR count). The molecule has 7 heteroatoms. The van der Waals surface area contributed by atoms with Crippen LogP contribution in [-0.4, -0.2) is 31.0 Å². The van der Waals surface area contributed by atoms with Crippen LogP contribution in [0.5, 0.6) is 17.2 Å². The highest BCUT2D eigenvalue weighted by molar-refractivity contribution is 6.15. The molecule has 0 aliphatic heterocycles. The van der Waals surface area contributed by atoms with Crippen molar-refractivity contribution in [3.05, 3.63) is 53.8 Å². The number of nitrogens with one attached hydrogen (secondary N) is 1. The largest absolute Gasteiger partial charge is 0.504 e. The number of carbonyl (C=O) groups excluding carboxylic acids is 2. The van der Waals surface area contributed by atoms with Crippen LogP contribution in [-0.2, 0) is 4.79 Å². The Balaban J connectivity index is 1.96. The molecule has 0 unspecified atom stereocenters. The van der Waals surface area contributed by atoms with E-state index in [9.17, 15) is 14.7 Å². The first-order valence-corrected chi connectivity index (χ1v) is 8.40. The summed E-state index contributed by atoms with van der Waals surface area (Å²) >= 11 is 0. The lowest BCUT2D eigenvalue weighted by molar-refractivity contribution is -0.114. The average molecular weight is 381 g/mol. The van der Waals surface area contributed by atoms with Crippen LogP contribution in [0.2, 0.25) is 0 Å². The molecular weight excluding hydrogens is 362 g/mol. The Bertz CT molecular complexity index is 1060. The van der Waals surface area contributed by atoms with E-state index in [1.54, 1.807) is 36.4 Å². The fourth-order valence-corrected chi connectivity index (χ4v) is 2.89. The van der Waals surface area contributed by atoms with Crippen LogP contribution in [0.25, 0.3) is 17.0 Å². The number of ketones is 1. The van der Waals surface area contributed by atoms with Gasteiger partial charge in [-0.1, -0.05) is 18.2 Å². The molecule has 2 N–H and O–H groups in total. The highest BCUT2D eigenvalue weighted by Crippen LogP contribution is 2.45. The van der Waals surface area contributed by atoms with E-state index in [1.807, 2.05) is 0 Å². The average Bonchev–Trinajstić information content (AvgIpc) is 3.15. The molecule has 0 aliphatic rings. The van der Waals surface area contributed by atoms with E-state index in [4.69, 9.17) is 13.9 Å². The van der Waals surface area contributed by atoms with Gasteiger partial charge in [0.2, 0.25) is 11.7 Å². The molecule has 1 heterocycles. The molecule has 0 atom stereocenters. The summed E-state index contributed by atoms with van der Waals surface area (Å²) in [4.78, 5) is 23.9. The maximum absolute atomic E-state index is 12.8. The number of allylic oxidation sites excluding steroid dienone is 1.